The van der Waals surface area contributed by atoms with Gasteiger partial charge in [-0.1, -0.05) is 0 Å². The topological polar surface area (TPSA) is 48.7 Å². The van der Waals surface area contributed by atoms with E-state index in [1.165, 1.54) is 0 Å². The fourth-order valence-corrected chi connectivity index (χ4v) is 2.84. The fourth-order valence-electron chi connectivity index (χ4n) is 1.55. The first kappa shape index (κ1) is 13.1. The van der Waals surface area contributed by atoms with Crippen LogP contribution in [0.1, 0.15) is 16.3 Å². The third-order valence-electron chi connectivity index (χ3n) is 2.42. The van der Waals surface area contributed by atoms with Crippen LogP contribution in [0.15, 0.2) is 28.1 Å². The van der Waals surface area contributed by atoms with E-state index in [0.717, 1.165) is 33.8 Å². The number of thiazole rings is 1. The van der Waals surface area contributed by atoms with E-state index in [4.69, 9.17) is 5.26 Å². The Balaban J connectivity index is 1.92. The van der Waals surface area contributed by atoms with Gasteiger partial charge < -0.3 is 5.32 Å². The van der Waals surface area contributed by atoms with E-state index in [-0.39, 0.29) is 0 Å². The van der Waals surface area contributed by atoms with Gasteiger partial charge in [0, 0.05) is 34.2 Å². The van der Waals surface area contributed by atoms with E-state index in [9.17, 15) is 0 Å². The molecule has 0 atom stereocenters. The lowest BCUT2D eigenvalue weighted by Gasteiger charge is -2.07. The van der Waals surface area contributed by atoms with Crippen LogP contribution in [0.5, 0.6) is 0 Å². The Morgan fingerprint density at radius 2 is 2.33 bits per heavy atom. The van der Waals surface area contributed by atoms with Crippen molar-refractivity contribution in [2.75, 3.05) is 11.9 Å². The molecule has 1 aromatic carbocycles. The molecule has 5 heteroatoms. The molecule has 1 heterocycles. The third kappa shape index (κ3) is 3.31. The van der Waals surface area contributed by atoms with E-state index < -0.39 is 0 Å². The van der Waals surface area contributed by atoms with Gasteiger partial charge >= 0.3 is 0 Å². The molecule has 0 aliphatic heterocycles. The van der Waals surface area contributed by atoms with Crippen LogP contribution in [0, 0.1) is 18.3 Å². The quantitative estimate of drug-likeness (QED) is 0.933. The van der Waals surface area contributed by atoms with Crippen molar-refractivity contribution in [2.45, 2.75) is 13.3 Å². The van der Waals surface area contributed by atoms with Crippen molar-refractivity contribution in [3.63, 3.8) is 0 Å². The van der Waals surface area contributed by atoms with E-state index in [1.54, 1.807) is 17.4 Å². The number of hydrogen-bond donors (Lipinski definition) is 1. The minimum atomic E-state index is 0.656. The molecule has 0 radical (unpaired) electrons. The van der Waals surface area contributed by atoms with Crippen molar-refractivity contribution in [1.82, 2.24) is 4.98 Å². The van der Waals surface area contributed by atoms with Crippen LogP contribution in [0.25, 0.3) is 0 Å². The summed E-state index contributed by atoms with van der Waals surface area (Å²) < 4.78 is 0.914. The van der Waals surface area contributed by atoms with Crippen LogP contribution in [0.2, 0.25) is 0 Å². The number of halogens is 1. The van der Waals surface area contributed by atoms with Crippen LogP contribution >= 0.6 is 27.3 Å². The molecule has 2 rings (SSSR count). The maximum atomic E-state index is 8.78. The maximum Gasteiger partial charge on any atom is 0.0992 e. The Morgan fingerprint density at radius 3 is 2.94 bits per heavy atom. The van der Waals surface area contributed by atoms with Crippen molar-refractivity contribution in [2.24, 2.45) is 0 Å². The molecule has 92 valence electrons. The van der Waals surface area contributed by atoms with E-state index >= 15 is 0 Å². The number of rotatable bonds is 4. The van der Waals surface area contributed by atoms with Gasteiger partial charge in [0.05, 0.1) is 16.6 Å². The number of nitriles is 1. The lowest BCUT2D eigenvalue weighted by Crippen LogP contribution is -2.05. The number of nitrogens with one attached hydrogen (secondary N) is 1. The summed E-state index contributed by atoms with van der Waals surface area (Å²) in [6, 6.07) is 7.65. The maximum absolute atomic E-state index is 8.78. The summed E-state index contributed by atoms with van der Waals surface area (Å²) in [7, 11) is 0. The summed E-state index contributed by atoms with van der Waals surface area (Å²) in [6.07, 6.45) is 0.908. The lowest BCUT2D eigenvalue weighted by atomic mass is 10.2. The van der Waals surface area contributed by atoms with Crippen LogP contribution < -0.4 is 5.32 Å². The van der Waals surface area contributed by atoms with E-state index in [2.05, 4.69) is 37.7 Å². The number of aryl methyl sites for hydroxylation is 1. The van der Waals surface area contributed by atoms with Crippen molar-refractivity contribution in [3.05, 3.63) is 44.3 Å². The molecule has 0 unspecified atom stereocenters. The number of hydrogen-bond acceptors (Lipinski definition) is 4. The summed E-state index contributed by atoms with van der Waals surface area (Å²) >= 11 is 5.14. The minimum Gasteiger partial charge on any atom is -0.384 e. The van der Waals surface area contributed by atoms with Gasteiger partial charge in [0.1, 0.15) is 0 Å². The molecule has 1 N–H and O–H groups in total. The second-order valence-corrected chi connectivity index (χ2v) is 5.66. The molecule has 0 spiro atoms. The van der Waals surface area contributed by atoms with Gasteiger partial charge in [-0.25, -0.2) is 4.98 Å². The molecule has 1 aromatic heterocycles. The van der Waals surface area contributed by atoms with Gasteiger partial charge in [-0.15, -0.1) is 11.3 Å². The average Bonchev–Trinajstić information content (AvgIpc) is 2.77. The molecule has 0 bridgehead atoms. The highest BCUT2D eigenvalue weighted by Gasteiger charge is 2.02. The molecular weight excluding hydrogens is 310 g/mol. The number of aromatic nitrogens is 1. The average molecular weight is 322 g/mol. The zero-order valence-electron chi connectivity index (χ0n) is 9.90. The molecule has 0 amide bonds. The van der Waals surface area contributed by atoms with Gasteiger partial charge in [-0.05, 0) is 41.1 Å². The van der Waals surface area contributed by atoms with E-state index in [1.807, 2.05) is 19.1 Å². The summed E-state index contributed by atoms with van der Waals surface area (Å²) in [5, 5.41) is 15.3. The van der Waals surface area contributed by atoms with Gasteiger partial charge in [-0.2, -0.15) is 5.26 Å². The molecule has 0 saturated carbocycles. The summed E-state index contributed by atoms with van der Waals surface area (Å²) in [5.74, 6) is 0. The van der Waals surface area contributed by atoms with Gasteiger partial charge in [0.2, 0.25) is 0 Å². The van der Waals surface area contributed by atoms with Gasteiger partial charge in [-0.3, -0.25) is 0 Å². The predicted octanol–water partition coefficient (Wildman–Crippen LogP) is 3.74. The first-order valence-electron chi connectivity index (χ1n) is 5.53. The van der Waals surface area contributed by atoms with Crippen LogP contribution in [0.4, 0.5) is 5.69 Å². The Hall–Kier alpha value is -1.38. The zero-order chi connectivity index (χ0) is 13.0. The Labute approximate surface area is 119 Å². The number of benzene rings is 1. The normalized spacial score (nSPS) is 10.1. The summed E-state index contributed by atoms with van der Waals surface area (Å²) in [6.45, 7) is 2.84. The van der Waals surface area contributed by atoms with Crippen LogP contribution in [0.3, 0.4) is 0 Å². The second kappa shape index (κ2) is 5.98. The fraction of sp³-hybridized carbons (Fsp3) is 0.231. The SMILES string of the molecule is Cc1csc(CCNc2ccc(C#N)cc2Br)n1. The number of nitrogens with zero attached hydrogens (tertiary/aromatic N) is 2. The molecule has 0 fully saturated rings. The Morgan fingerprint density at radius 1 is 1.50 bits per heavy atom. The highest BCUT2D eigenvalue weighted by Crippen LogP contribution is 2.23. The third-order valence-corrected chi connectivity index (χ3v) is 4.10. The molecule has 0 aliphatic carbocycles. The summed E-state index contributed by atoms with van der Waals surface area (Å²) in [5.41, 5.74) is 2.74. The van der Waals surface area contributed by atoms with Crippen LogP contribution in [-0.4, -0.2) is 11.5 Å². The number of anilines is 1. The predicted molar refractivity (Wildman–Crippen MR) is 77.9 cm³/mol. The minimum absolute atomic E-state index is 0.656. The largest absolute Gasteiger partial charge is 0.384 e. The Bertz CT molecular complexity index is 586. The van der Waals surface area contributed by atoms with Crippen molar-refractivity contribution in [3.8, 4) is 6.07 Å². The lowest BCUT2D eigenvalue weighted by molar-refractivity contribution is 0.986. The smallest absolute Gasteiger partial charge is 0.0992 e. The molecule has 3 nitrogen and oxygen atoms in total. The monoisotopic (exact) mass is 321 g/mol. The zero-order valence-corrected chi connectivity index (χ0v) is 12.3. The Kier molecular flexibility index (Phi) is 4.34. The van der Waals surface area contributed by atoms with Crippen molar-refractivity contribution >= 4 is 33.0 Å². The highest BCUT2D eigenvalue weighted by atomic mass is 79.9. The first-order valence-corrected chi connectivity index (χ1v) is 7.21. The molecule has 0 saturated heterocycles. The standard InChI is InChI=1S/C13H12BrN3S/c1-9-8-18-13(17-9)4-5-16-12-3-2-10(7-15)6-11(12)14/h2-3,6,8,16H,4-5H2,1H3. The molecular formula is C13H12BrN3S. The summed E-state index contributed by atoms with van der Waals surface area (Å²) in [4.78, 5) is 4.42. The van der Waals surface area contributed by atoms with Crippen LogP contribution in [-0.2, 0) is 6.42 Å². The molecule has 2 aromatic rings. The van der Waals surface area contributed by atoms with Crippen molar-refractivity contribution < 1.29 is 0 Å². The van der Waals surface area contributed by atoms with Gasteiger partial charge in [0.25, 0.3) is 0 Å². The molecule has 18 heavy (non-hydrogen) atoms. The van der Waals surface area contributed by atoms with Crippen molar-refractivity contribution in [1.29, 1.82) is 5.26 Å². The molecule has 0 aliphatic rings. The second-order valence-electron chi connectivity index (χ2n) is 3.87. The van der Waals surface area contributed by atoms with Gasteiger partial charge in [0.15, 0.2) is 0 Å². The first-order chi connectivity index (χ1) is 8.69. The highest BCUT2D eigenvalue weighted by molar-refractivity contribution is 9.10. The van der Waals surface area contributed by atoms with E-state index in [0.29, 0.717) is 5.56 Å².